The molecule has 1 saturated heterocycles. The lowest BCUT2D eigenvalue weighted by Gasteiger charge is -2.22. The third-order valence-electron chi connectivity index (χ3n) is 5.22. The number of aromatic carboxylic acids is 1. The Labute approximate surface area is 206 Å². The van der Waals surface area contributed by atoms with Gasteiger partial charge < -0.3 is 15.1 Å². The average Bonchev–Trinajstić information content (AvgIpc) is 3.41. The first kappa shape index (κ1) is 25.7. The van der Waals surface area contributed by atoms with E-state index in [1.165, 1.54) is 28.5 Å². The Morgan fingerprint density at radius 3 is 2.91 bits per heavy atom. The molecule has 10 heteroatoms. The van der Waals surface area contributed by atoms with Crippen molar-refractivity contribution in [2.24, 2.45) is 0 Å². The van der Waals surface area contributed by atoms with Crippen molar-refractivity contribution in [1.29, 1.82) is 0 Å². The molecule has 7 nitrogen and oxygen atoms in total. The van der Waals surface area contributed by atoms with Gasteiger partial charge in [-0.2, -0.15) is 0 Å². The molecule has 0 aromatic carbocycles. The summed E-state index contributed by atoms with van der Waals surface area (Å²) in [5.74, 6) is 0.714. The smallest absolute Gasteiger partial charge is 0.355 e. The predicted molar refractivity (Wildman–Crippen MR) is 133 cm³/mol. The zero-order valence-corrected chi connectivity index (χ0v) is 21.0. The summed E-state index contributed by atoms with van der Waals surface area (Å²) in [5.41, 5.74) is 1.21. The molecule has 2 aromatic rings. The molecular formula is C23H29N3O4S3. The molecular weight excluding hydrogens is 478 g/mol. The lowest BCUT2D eigenvalue weighted by molar-refractivity contribution is -0.128. The van der Waals surface area contributed by atoms with Gasteiger partial charge in [0.1, 0.15) is 0 Å². The number of carbonyl (C=O) groups is 2. The maximum atomic E-state index is 12.3. The Morgan fingerprint density at radius 1 is 1.33 bits per heavy atom. The average molecular weight is 508 g/mol. The zero-order chi connectivity index (χ0) is 23.6. The Balaban J connectivity index is 1.35. The van der Waals surface area contributed by atoms with E-state index in [1.807, 2.05) is 36.2 Å². The molecule has 0 bridgehead atoms. The second-order valence-corrected chi connectivity index (χ2v) is 11.1. The maximum Gasteiger partial charge on any atom is 0.355 e. The third kappa shape index (κ3) is 8.44. The molecule has 1 amide bonds. The molecule has 2 N–H and O–H groups in total. The number of amides is 1. The number of thiazole rings is 1. The molecule has 2 atom stereocenters. The normalized spacial score (nSPS) is 17.2. The quantitative estimate of drug-likeness (QED) is 0.232. The first-order chi connectivity index (χ1) is 15.9. The number of pyridine rings is 1. The number of nitrogens with zero attached hydrogens (tertiary/aromatic N) is 3. The highest BCUT2D eigenvalue weighted by molar-refractivity contribution is 8.01. The number of carbonyl (C=O) groups excluding carboxylic acids is 1. The van der Waals surface area contributed by atoms with Crippen LogP contribution in [0.2, 0.25) is 0 Å². The van der Waals surface area contributed by atoms with Gasteiger partial charge in [0.05, 0.1) is 17.2 Å². The van der Waals surface area contributed by atoms with E-state index in [-0.39, 0.29) is 17.6 Å². The first-order valence-electron chi connectivity index (χ1n) is 11.0. The molecule has 2 aromatic heterocycles. The predicted octanol–water partition coefficient (Wildman–Crippen LogP) is 4.51. The number of rotatable bonds is 13. The Bertz CT molecular complexity index is 949. The molecule has 1 fully saturated rings. The van der Waals surface area contributed by atoms with Gasteiger partial charge in [-0.15, -0.1) is 23.1 Å². The number of likely N-dealkylation sites (tertiary alicyclic amines) is 1. The van der Waals surface area contributed by atoms with Gasteiger partial charge in [-0.3, -0.25) is 4.79 Å². The van der Waals surface area contributed by atoms with Crippen molar-refractivity contribution in [2.75, 3.05) is 18.1 Å². The number of aliphatic hydroxyl groups excluding tert-OH is 1. The van der Waals surface area contributed by atoms with Gasteiger partial charge >= 0.3 is 5.97 Å². The number of aliphatic hydroxyl groups is 1. The van der Waals surface area contributed by atoms with Crippen LogP contribution in [0.15, 0.2) is 45.2 Å². The van der Waals surface area contributed by atoms with E-state index < -0.39 is 12.1 Å². The monoisotopic (exact) mass is 507 g/mol. The highest BCUT2D eigenvalue weighted by Crippen LogP contribution is 2.25. The fourth-order valence-electron chi connectivity index (χ4n) is 3.42. The van der Waals surface area contributed by atoms with E-state index in [9.17, 15) is 14.7 Å². The Kier molecular flexibility index (Phi) is 10.2. The van der Waals surface area contributed by atoms with Crippen molar-refractivity contribution in [3.8, 4) is 0 Å². The lowest BCUT2D eigenvalue weighted by atomic mass is 10.1. The Hall–Kier alpha value is -1.88. The summed E-state index contributed by atoms with van der Waals surface area (Å²) in [7, 11) is 0. The van der Waals surface area contributed by atoms with E-state index in [0.29, 0.717) is 29.5 Å². The van der Waals surface area contributed by atoms with Gasteiger partial charge in [0.15, 0.2) is 10.0 Å². The summed E-state index contributed by atoms with van der Waals surface area (Å²) in [6.07, 6.45) is 9.05. The number of carboxylic acids is 1. The minimum Gasteiger partial charge on any atom is -0.476 e. The third-order valence-corrected chi connectivity index (χ3v) is 8.25. The highest BCUT2D eigenvalue weighted by atomic mass is 32.2. The number of unbranched alkanes of at least 4 members (excludes halogenated alkanes) is 1. The number of aromatic nitrogens is 2. The number of hydrogen-bond donors (Lipinski definition) is 2. The van der Waals surface area contributed by atoms with Gasteiger partial charge in [-0.05, 0) is 50.0 Å². The van der Waals surface area contributed by atoms with Crippen molar-refractivity contribution in [3.63, 3.8) is 0 Å². The Morgan fingerprint density at radius 2 is 2.18 bits per heavy atom. The second-order valence-electron chi connectivity index (χ2n) is 7.82. The summed E-state index contributed by atoms with van der Waals surface area (Å²) < 4.78 is 0.692. The number of aryl methyl sites for hydroxylation is 1. The van der Waals surface area contributed by atoms with Crippen LogP contribution in [0, 0.1) is 6.92 Å². The summed E-state index contributed by atoms with van der Waals surface area (Å²) in [6.45, 7) is 2.60. The van der Waals surface area contributed by atoms with E-state index in [4.69, 9.17) is 5.11 Å². The molecule has 0 aliphatic carbocycles. The van der Waals surface area contributed by atoms with Crippen LogP contribution in [-0.2, 0) is 4.79 Å². The molecule has 1 aliphatic heterocycles. The topological polar surface area (TPSA) is 104 Å². The van der Waals surface area contributed by atoms with Gasteiger partial charge in [0, 0.05) is 30.3 Å². The maximum absolute atomic E-state index is 12.3. The second kappa shape index (κ2) is 13.1. The molecule has 1 aliphatic rings. The summed E-state index contributed by atoms with van der Waals surface area (Å²) in [4.78, 5) is 33.5. The van der Waals surface area contributed by atoms with Crippen LogP contribution in [0.1, 0.15) is 48.2 Å². The molecule has 3 heterocycles. The standard InChI is InChI=1S/C23H29N3O4S3/c1-16-5-9-20(24-14-16)31-12-3-2-4-18(27)8-6-17-7-10-21(28)26(17)11-13-32-23-25-19(15-33-23)22(29)30/h5-6,8-9,14-15,17-18,27H,2-4,7,10-13H2,1H3,(H,29,30)/b8-6+/t17-,18-/m0/s1. The molecule has 33 heavy (non-hydrogen) atoms. The van der Waals surface area contributed by atoms with Crippen LogP contribution in [0.5, 0.6) is 0 Å². The molecule has 0 saturated carbocycles. The largest absolute Gasteiger partial charge is 0.476 e. The van der Waals surface area contributed by atoms with Crippen molar-refractivity contribution in [3.05, 3.63) is 47.1 Å². The molecule has 0 unspecified atom stereocenters. The van der Waals surface area contributed by atoms with Gasteiger partial charge in [0.25, 0.3) is 0 Å². The highest BCUT2D eigenvalue weighted by Gasteiger charge is 2.28. The molecule has 178 valence electrons. The van der Waals surface area contributed by atoms with Crippen molar-refractivity contribution >= 4 is 46.7 Å². The zero-order valence-electron chi connectivity index (χ0n) is 18.6. The summed E-state index contributed by atoms with van der Waals surface area (Å²) >= 11 is 4.49. The number of hydrogen-bond acceptors (Lipinski definition) is 8. The number of thioether (sulfide) groups is 2. The minimum atomic E-state index is -1.03. The fraction of sp³-hybridized carbons (Fsp3) is 0.478. The minimum absolute atomic E-state index is 0.00166. The van der Waals surface area contributed by atoms with Crippen LogP contribution in [-0.4, -0.2) is 67.2 Å². The van der Waals surface area contributed by atoms with E-state index >= 15 is 0 Å². The van der Waals surface area contributed by atoms with Crippen LogP contribution >= 0.6 is 34.9 Å². The van der Waals surface area contributed by atoms with Gasteiger partial charge in [-0.25, -0.2) is 14.8 Å². The van der Waals surface area contributed by atoms with Crippen molar-refractivity contribution in [2.45, 2.75) is 60.5 Å². The van der Waals surface area contributed by atoms with Crippen LogP contribution in [0.3, 0.4) is 0 Å². The summed E-state index contributed by atoms with van der Waals surface area (Å²) in [5, 5.41) is 21.8. The van der Waals surface area contributed by atoms with Crippen LogP contribution < -0.4 is 0 Å². The van der Waals surface area contributed by atoms with Crippen molar-refractivity contribution in [1.82, 2.24) is 14.9 Å². The van der Waals surface area contributed by atoms with E-state index in [2.05, 4.69) is 16.0 Å². The lowest BCUT2D eigenvalue weighted by Crippen LogP contribution is -2.33. The molecule has 0 spiro atoms. The molecule has 0 radical (unpaired) electrons. The van der Waals surface area contributed by atoms with Crippen LogP contribution in [0.4, 0.5) is 0 Å². The van der Waals surface area contributed by atoms with Crippen molar-refractivity contribution < 1.29 is 19.8 Å². The van der Waals surface area contributed by atoms with E-state index in [1.54, 1.807) is 11.8 Å². The molecule has 3 rings (SSSR count). The first-order valence-corrected chi connectivity index (χ1v) is 13.8. The van der Waals surface area contributed by atoms with Crippen LogP contribution in [0.25, 0.3) is 0 Å². The van der Waals surface area contributed by atoms with Gasteiger partial charge in [-0.1, -0.05) is 30.0 Å². The SMILES string of the molecule is Cc1ccc(SCCCC[C@H](O)/C=C/[C@H]2CCC(=O)N2CCSc2nc(C(=O)O)cs2)nc1. The van der Waals surface area contributed by atoms with E-state index in [0.717, 1.165) is 35.6 Å². The summed E-state index contributed by atoms with van der Waals surface area (Å²) in [6, 6.07) is 4.10. The van der Waals surface area contributed by atoms with Gasteiger partial charge in [0.2, 0.25) is 5.91 Å². The number of carboxylic acid groups (broad SMARTS) is 1. The fourth-order valence-corrected chi connectivity index (χ4v) is 6.08.